The van der Waals surface area contributed by atoms with Gasteiger partial charge in [0, 0.05) is 36.1 Å². The molecule has 1 N–H and O–H groups in total. The van der Waals surface area contributed by atoms with Crippen molar-refractivity contribution in [1.82, 2.24) is 9.88 Å². The highest BCUT2D eigenvalue weighted by molar-refractivity contribution is 5.85. The second kappa shape index (κ2) is 8.86. The van der Waals surface area contributed by atoms with Gasteiger partial charge >= 0.3 is 0 Å². The van der Waals surface area contributed by atoms with Crippen LogP contribution in [-0.4, -0.2) is 16.5 Å². The van der Waals surface area contributed by atoms with Gasteiger partial charge in [-0.2, -0.15) is 0 Å². The molecule has 3 aromatic rings. The van der Waals surface area contributed by atoms with Gasteiger partial charge in [0.05, 0.1) is 0 Å². The number of carbonyl (C=O) groups is 1. The van der Waals surface area contributed by atoms with Crippen molar-refractivity contribution in [3.05, 3.63) is 71.4 Å². The fourth-order valence-corrected chi connectivity index (χ4v) is 4.68. The van der Waals surface area contributed by atoms with Crippen molar-refractivity contribution in [2.24, 2.45) is 5.92 Å². The third kappa shape index (κ3) is 4.55. The first-order valence-corrected chi connectivity index (χ1v) is 11.0. The first-order valence-electron chi connectivity index (χ1n) is 11.0. The highest BCUT2D eigenvalue weighted by Gasteiger charge is 2.22. The van der Waals surface area contributed by atoms with E-state index in [0.717, 1.165) is 19.4 Å². The lowest BCUT2D eigenvalue weighted by Gasteiger charge is -2.29. The second-order valence-corrected chi connectivity index (χ2v) is 8.66. The summed E-state index contributed by atoms with van der Waals surface area (Å²) in [6, 6.07) is 17.5. The van der Waals surface area contributed by atoms with Crippen LogP contribution in [-0.2, 0) is 17.8 Å². The van der Waals surface area contributed by atoms with Gasteiger partial charge in [-0.1, -0.05) is 62.2 Å². The van der Waals surface area contributed by atoms with Crippen LogP contribution in [0.15, 0.2) is 54.7 Å². The second-order valence-electron chi connectivity index (χ2n) is 8.66. The Bertz CT molecular complexity index is 987. The molecule has 1 aromatic heterocycles. The Hall–Kier alpha value is -2.55. The van der Waals surface area contributed by atoms with Crippen LogP contribution in [0.1, 0.15) is 55.7 Å². The van der Waals surface area contributed by atoms with Crippen LogP contribution in [0.5, 0.6) is 0 Å². The van der Waals surface area contributed by atoms with Gasteiger partial charge in [-0.3, -0.25) is 4.79 Å². The normalized spacial score (nSPS) is 19.4. The van der Waals surface area contributed by atoms with Crippen LogP contribution >= 0.6 is 0 Å². The van der Waals surface area contributed by atoms with Crippen molar-refractivity contribution >= 4 is 16.8 Å². The molecule has 1 heterocycles. The van der Waals surface area contributed by atoms with Gasteiger partial charge in [0.25, 0.3) is 0 Å². The van der Waals surface area contributed by atoms with E-state index >= 15 is 0 Å². The van der Waals surface area contributed by atoms with Crippen LogP contribution in [0.4, 0.5) is 0 Å². The van der Waals surface area contributed by atoms with E-state index in [-0.39, 0.29) is 5.91 Å². The SMILES string of the molecule is Cc1ccccc1Cn1cc(CCC(=O)N[C@H]2CCCC[C@@H]2C)c2ccccc21. The molecule has 0 unspecified atom stereocenters. The summed E-state index contributed by atoms with van der Waals surface area (Å²) in [5, 5.41) is 4.56. The molecule has 1 saturated carbocycles. The maximum atomic E-state index is 12.6. The van der Waals surface area contributed by atoms with Crippen molar-refractivity contribution in [1.29, 1.82) is 0 Å². The molecule has 3 nitrogen and oxygen atoms in total. The van der Waals surface area contributed by atoms with Crippen molar-refractivity contribution in [2.45, 2.75) is 65.0 Å². The van der Waals surface area contributed by atoms with Crippen molar-refractivity contribution in [3.8, 4) is 0 Å². The van der Waals surface area contributed by atoms with Gasteiger partial charge in [0.2, 0.25) is 5.91 Å². The van der Waals surface area contributed by atoms with Crippen LogP contribution in [0.2, 0.25) is 0 Å². The van der Waals surface area contributed by atoms with Crippen LogP contribution in [0, 0.1) is 12.8 Å². The van der Waals surface area contributed by atoms with E-state index in [0.29, 0.717) is 18.4 Å². The standard InChI is InChI=1S/C26H32N2O/c1-19-9-3-5-11-21(19)17-28-18-22(23-12-6-8-14-25(23)28)15-16-26(29)27-24-13-7-4-10-20(24)2/h3,5-6,8-9,11-12,14,18,20,24H,4,7,10,13,15-17H2,1-2H3,(H,27,29)/t20-,24-/m0/s1. The van der Waals surface area contributed by atoms with Gasteiger partial charge in [-0.15, -0.1) is 0 Å². The molecule has 2 aromatic carbocycles. The molecular formula is C26H32N2O. The number of aryl methyl sites for hydroxylation is 2. The quantitative estimate of drug-likeness (QED) is 0.584. The lowest BCUT2D eigenvalue weighted by Crippen LogP contribution is -2.41. The summed E-state index contributed by atoms with van der Waals surface area (Å²) in [4.78, 5) is 12.6. The minimum absolute atomic E-state index is 0.194. The Labute approximate surface area is 174 Å². The molecule has 4 rings (SSSR count). The van der Waals surface area contributed by atoms with Crippen LogP contribution < -0.4 is 5.32 Å². The number of aromatic nitrogens is 1. The maximum Gasteiger partial charge on any atom is 0.220 e. The molecule has 1 amide bonds. The average Bonchev–Trinajstić information content (AvgIpc) is 3.08. The number of nitrogens with zero attached hydrogens (tertiary/aromatic N) is 1. The number of fused-ring (bicyclic) bond motifs is 1. The fraction of sp³-hybridized carbons (Fsp3) is 0.423. The molecule has 0 spiro atoms. The maximum absolute atomic E-state index is 12.6. The number of carbonyl (C=O) groups excluding carboxylic acids is 1. The smallest absolute Gasteiger partial charge is 0.220 e. The van der Waals surface area contributed by atoms with Crippen LogP contribution in [0.3, 0.4) is 0 Å². The lowest BCUT2D eigenvalue weighted by atomic mass is 9.86. The Morgan fingerprint density at radius 3 is 2.62 bits per heavy atom. The number of hydrogen-bond acceptors (Lipinski definition) is 1. The fourth-order valence-electron chi connectivity index (χ4n) is 4.68. The van der Waals surface area contributed by atoms with Gasteiger partial charge in [0.1, 0.15) is 0 Å². The van der Waals surface area contributed by atoms with Crippen molar-refractivity contribution < 1.29 is 4.79 Å². The highest BCUT2D eigenvalue weighted by Crippen LogP contribution is 2.26. The topological polar surface area (TPSA) is 34.0 Å². The average molecular weight is 389 g/mol. The zero-order valence-corrected chi connectivity index (χ0v) is 17.7. The molecule has 1 aliphatic rings. The van der Waals surface area contributed by atoms with E-state index in [1.54, 1.807) is 0 Å². The highest BCUT2D eigenvalue weighted by atomic mass is 16.1. The summed E-state index contributed by atoms with van der Waals surface area (Å²) in [5.74, 6) is 0.795. The van der Waals surface area contributed by atoms with E-state index in [4.69, 9.17) is 0 Å². The summed E-state index contributed by atoms with van der Waals surface area (Å²) in [7, 11) is 0. The Morgan fingerprint density at radius 1 is 1.03 bits per heavy atom. The van der Waals surface area contributed by atoms with E-state index < -0.39 is 0 Å². The third-order valence-electron chi connectivity index (χ3n) is 6.55. The third-order valence-corrected chi connectivity index (χ3v) is 6.55. The van der Waals surface area contributed by atoms with Gasteiger partial charge in [0.15, 0.2) is 0 Å². The molecular weight excluding hydrogens is 356 g/mol. The number of benzene rings is 2. The zero-order valence-electron chi connectivity index (χ0n) is 17.7. The molecule has 0 radical (unpaired) electrons. The molecule has 2 atom stereocenters. The van der Waals surface area contributed by atoms with Gasteiger partial charge in [-0.25, -0.2) is 0 Å². The molecule has 1 aliphatic carbocycles. The molecule has 1 fully saturated rings. The number of nitrogens with one attached hydrogen (secondary N) is 1. The van der Waals surface area contributed by atoms with E-state index in [2.05, 4.69) is 78.5 Å². The van der Waals surface area contributed by atoms with E-state index in [9.17, 15) is 4.79 Å². The van der Waals surface area contributed by atoms with Gasteiger partial charge in [-0.05, 0) is 54.9 Å². The minimum atomic E-state index is 0.194. The molecule has 0 saturated heterocycles. The number of para-hydroxylation sites is 1. The Morgan fingerprint density at radius 2 is 1.79 bits per heavy atom. The van der Waals surface area contributed by atoms with Gasteiger partial charge < -0.3 is 9.88 Å². The molecule has 29 heavy (non-hydrogen) atoms. The largest absolute Gasteiger partial charge is 0.353 e. The van der Waals surface area contributed by atoms with E-state index in [1.165, 1.54) is 46.9 Å². The van der Waals surface area contributed by atoms with E-state index in [1.807, 2.05) is 0 Å². The predicted octanol–water partition coefficient (Wildman–Crippen LogP) is 5.63. The van der Waals surface area contributed by atoms with Crippen LogP contribution in [0.25, 0.3) is 10.9 Å². The Kier molecular flexibility index (Phi) is 6.03. The molecule has 0 bridgehead atoms. The predicted molar refractivity (Wildman–Crippen MR) is 120 cm³/mol. The molecule has 3 heteroatoms. The first-order chi connectivity index (χ1) is 14.1. The number of amides is 1. The summed E-state index contributed by atoms with van der Waals surface area (Å²) in [6.07, 6.45) is 8.49. The van der Waals surface area contributed by atoms with Crippen molar-refractivity contribution in [3.63, 3.8) is 0 Å². The monoisotopic (exact) mass is 388 g/mol. The summed E-state index contributed by atoms with van der Waals surface area (Å²) in [6.45, 7) is 5.29. The molecule has 152 valence electrons. The Balaban J connectivity index is 1.48. The first kappa shape index (κ1) is 19.8. The summed E-state index contributed by atoms with van der Waals surface area (Å²) >= 11 is 0. The van der Waals surface area contributed by atoms with Crippen molar-refractivity contribution in [2.75, 3.05) is 0 Å². The number of hydrogen-bond donors (Lipinski definition) is 1. The summed E-state index contributed by atoms with van der Waals surface area (Å²) in [5.41, 5.74) is 5.16. The lowest BCUT2D eigenvalue weighted by molar-refractivity contribution is -0.122. The molecule has 0 aliphatic heterocycles. The minimum Gasteiger partial charge on any atom is -0.353 e. The summed E-state index contributed by atoms with van der Waals surface area (Å²) < 4.78 is 2.33. The number of rotatable bonds is 6. The zero-order chi connectivity index (χ0) is 20.2.